The minimum Gasteiger partial charge on any atom is -0.462 e. The number of cyclic esters (lactones) is 1. The third kappa shape index (κ3) is 2.83. The number of hydrogen-bond acceptors (Lipinski definition) is 5. The molecule has 2 aliphatic rings. The zero-order valence-electron chi connectivity index (χ0n) is 16.6. The Labute approximate surface area is 173 Å². The maximum atomic E-state index is 13.0. The van der Waals surface area contributed by atoms with Gasteiger partial charge >= 0.3 is 11.9 Å². The van der Waals surface area contributed by atoms with Crippen molar-refractivity contribution in [2.45, 2.75) is 38.3 Å². The molecule has 0 fully saturated rings. The summed E-state index contributed by atoms with van der Waals surface area (Å²) in [7, 11) is 0. The molecule has 0 radical (unpaired) electrons. The maximum absolute atomic E-state index is 13.0. The number of esters is 2. The van der Waals surface area contributed by atoms with Crippen molar-refractivity contribution < 1.29 is 19.1 Å². The van der Waals surface area contributed by atoms with Gasteiger partial charge in [0.1, 0.15) is 11.7 Å². The molecule has 5 rings (SSSR count). The molecule has 0 aliphatic carbocycles. The van der Waals surface area contributed by atoms with Gasteiger partial charge in [0.2, 0.25) is 0 Å². The summed E-state index contributed by atoms with van der Waals surface area (Å²) in [5.74, 6) is -1.35. The van der Waals surface area contributed by atoms with E-state index in [4.69, 9.17) is 9.47 Å². The molecule has 3 aromatic rings. The number of nitrogens with zero attached hydrogens (tertiary/aromatic N) is 1. The second kappa shape index (κ2) is 7.13. The number of carbonyl (C=O) groups excluding carboxylic acids is 2. The van der Waals surface area contributed by atoms with Crippen molar-refractivity contribution in [1.29, 1.82) is 0 Å². The van der Waals surface area contributed by atoms with Gasteiger partial charge in [-0.15, -0.1) is 0 Å². The molecule has 2 unspecified atom stereocenters. The van der Waals surface area contributed by atoms with Crippen molar-refractivity contribution in [2.24, 2.45) is 0 Å². The Morgan fingerprint density at radius 2 is 1.93 bits per heavy atom. The predicted octanol–water partition coefficient (Wildman–Crippen LogP) is 3.97. The first-order valence-corrected chi connectivity index (χ1v) is 10.2. The number of fused-ring (bicyclic) bond motifs is 1. The first kappa shape index (κ1) is 18.6. The van der Waals surface area contributed by atoms with E-state index < -0.39 is 23.6 Å². The largest absolute Gasteiger partial charge is 0.462 e. The normalized spacial score (nSPS) is 19.8. The van der Waals surface area contributed by atoms with Crippen molar-refractivity contribution in [3.63, 3.8) is 0 Å². The summed E-state index contributed by atoms with van der Waals surface area (Å²) < 4.78 is 12.4. The number of benzene rings is 2. The van der Waals surface area contributed by atoms with Gasteiger partial charge in [-0.25, -0.2) is 9.59 Å². The second-order valence-electron chi connectivity index (χ2n) is 7.72. The number of carbonyl (C=O) groups is 2. The van der Waals surface area contributed by atoms with Gasteiger partial charge in [0.15, 0.2) is 0 Å². The lowest BCUT2D eigenvalue weighted by Gasteiger charge is -2.38. The van der Waals surface area contributed by atoms with Gasteiger partial charge in [-0.2, -0.15) is 0 Å². The van der Waals surface area contributed by atoms with Crippen molar-refractivity contribution >= 4 is 22.7 Å². The van der Waals surface area contributed by atoms with E-state index in [1.165, 1.54) is 6.07 Å². The molecule has 2 aromatic carbocycles. The Morgan fingerprint density at radius 1 is 1.13 bits per heavy atom. The minimum absolute atomic E-state index is 0.114. The molecule has 0 saturated heterocycles. The van der Waals surface area contributed by atoms with Gasteiger partial charge in [-0.05, 0) is 48.2 Å². The predicted molar refractivity (Wildman–Crippen MR) is 111 cm³/mol. The number of aromatic nitrogens is 1. The smallest absolute Gasteiger partial charge is 0.343 e. The standard InChI is InChI=1S/C24H21NO5/c1-2-29-23(27)19-13-18-20-17(8-5-11-25(20)22(19)26)21(30-24(18)28)16-10-9-14-6-3-4-7-15(14)12-16/h3-4,6-7,9-10,12-13,17,21H,2,5,8,11H2,1H3. The van der Waals surface area contributed by atoms with Crippen LogP contribution in [0.4, 0.5) is 0 Å². The van der Waals surface area contributed by atoms with Gasteiger partial charge < -0.3 is 14.0 Å². The lowest BCUT2D eigenvalue weighted by molar-refractivity contribution is 0.0119. The van der Waals surface area contributed by atoms with Crippen LogP contribution in [0.15, 0.2) is 53.3 Å². The highest BCUT2D eigenvalue weighted by molar-refractivity contribution is 5.97. The molecule has 0 spiro atoms. The van der Waals surface area contributed by atoms with E-state index in [9.17, 15) is 14.4 Å². The lowest BCUT2D eigenvalue weighted by Crippen LogP contribution is -2.40. The molecule has 6 heteroatoms. The van der Waals surface area contributed by atoms with Crippen LogP contribution in [-0.4, -0.2) is 23.1 Å². The summed E-state index contributed by atoms with van der Waals surface area (Å²) in [6.45, 7) is 2.31. The number of pyridine rings is 1. The van der Waals surface area contributed by atoms with E-state index in [2.05, 4.69) is 0 Å². The SMILES string of the molecule is CCOC(=O)c1cc2c3n(c1=O)CCCC3C(c1ccc3ccccc3c1)OC2=O. The lowest BCUT2D eigenvalue weighted by atomic mass is 9.81. The molecule has 152 valence electrons. The first-order valence-electron chi connectivity index (χ1n) is 10.2. The first-order chi connectivity index (χ1) is 14.6. The summed E-state index contributed by atoms with van der Waals surface area (Å²) >= 11 is 0. The third-order valence-electron chi connectivity index (χ3n) is 6.00. The fourth-order valence-corrected chi connectivity index (χ4v) is 4.67. The van der Waals surface area contributed by atoms with Crippen LogP contribution in [0.3, 0.4) is 0 Å². The number of hydrogen-bond donors (Lipinski definition) is 0. The van der Waals surface area contributed by atoms with E-state index in [0.29, 0.717) is 17.8 Å². The summed E-state index contributed by atoms with van der Waals surface area (Å²) in [5, 5.41) is 2.19. The van der Waals surface area contributed by atoms with Crippen LogP contribution < -0.4 is 5.56 Å². The molecule has 0 bridgehead atoms. The Hall–Kier alpha value is -3.41. The average molecular weight is 403 g/mol. The van der Waals surface area contributed by atoms with E-state index in [1.807, 2.05) is 42.5 Å². The molecule has 30 heavy (non-hydrogen) atoms. The average Bonchev–Trinajstić information content (AvgIpc) is 2.77. The highest BCUT2D eigenvalue weighted by atomic mass is 16.5. The molecular weight excluding hydrogens is 382 g/mol. The van der Waals surface area contributed by atoms with Gasteiger partial charge in [0.05, 0.1) is 12.2 Å². The van der Waals surface area contributed by atoms with Crippen LogP contribution in [-0.2, 0) is 16.0 Å². The van der Waals surface area contributed by atoms with Crippen LogP contribution in [0.1, 0.15) is 63.8 Å². The summed E-state index contributed by atoms with van der Waals surface area (Å²) in [6.07, 6.45) is 1.11. The molecule has 1 aromatic heterocycles. The van der Waals surface area contributed by atoms with Crippen molar-refractivity contribution in [3.05, 3.63) is 81.3 Å². The van der Waals surface area contributed by atoms with Crippen molar-refractivity contribution in [2.75, 3.05) is 6.61 Å². The molecule has 3 heterocycles. The van der Waals surface area contributed by atoms with Gasteiger partial charge in [-0.3, -0.25) is 4.79 Å². The topological polar surface area (TPSA) is 74.6 Å². The Balaban J connectivity index is 1.64. The fraction of sp³-hybridized carbons (Fsp3) is 0.292. The zero-order chi connectivity index (χ0) is 20.8. The fourth-order valence-electron chi connectivity index (χ4n) is 4.67. The highest BCUT2D eigenvalue weighted by Gasteiger charge is 2.41. The Kier molecular flexibility index (Phi) is 4.42. The van der Waals surface area contributed by atoms with E-state index >= 15 is 0 Å². The van der Waals surface area contributed by atoms with Crippen LogP contribution in [0, 0.1) is 0 Å². The minimum atomic E-state index is -0.708. The van der Waals surface area contributed by atoms with E-state index in [0.717, 1.165) is 29.2 Å². The molecule has 2 atom stereocenters. The van der Waals surface area contributed by atoms with Crippen molar-refractivity contribution in [3.8, 4) is 0 Å². The third-order valence-corrected chi connectivity index (χ3v) is 6.00. The van der Waals surface area contributed by atoms with Crippen LogP contribution in [0.5, 0.6) is 0 Å². The van der Waals surface area contributed by atoms with Crippen LogP contribution in [0.25, 0.3) is 10.8 Å². The molecular formula is C24H21NO5. The second-order valence-corrected chi connectivity index (χ2v) is 7.72. The number of ether oxygens (including phenoxy) is 2. The highest BCUT2D eigenvalue weighted by Crippen LogP contribution is 2.45. The molecule has 2 aliphatic heterocycles. The maximum Gasteiger partial charge on any atom is 0.343 e. The summed E-state index contributed by atoms with van der Waals surface area (Å²) in [5.41, 5.74) is 1.36. The van der Waals surface area contributed by atoms with Crippen molar-refractivity contribution in [1.82, 2.24) is 4.57 Å². The summed E-state index contributed by atoms with van der Waals surface area (Å²) in [6, 6.07) is 15.4. The summed E-state index contributed by atoms with van der Waals surface area (Å²) in [4.78, 5) is 38.2. The number of rotatable bonds is 3. The van der Waals surface area contributed by atoms with Gasteiger partial charge in [0.25, 0.3) is 5.56 Å². The molecule has 0 N–H and O–H groups in total. The Morgan fingerprint density at radius 3 is 2.73 bits per heavy atom. The molecule has 0 saturated carbocycles. The molecule has 0 amide bonds. The monoisotopic (exact) mass is 403 g/mol. The molecule has 6 nitrogen and oxygen atoms in total. The van der Waals surface area contributed by atoms with Crippen LogP contribution >= 0.6 is 0 Å². The van der Waals surface area contributed by atoms with E-state index in [1.54, 1.807) is 11.5 Å². The van der Waals surface area contributed by atoms with Gasteiger partial charge in [0, 0.05) is 18.2 Å². The Bertz CT molecular complexity index is 1240. The van der Waals surface area contributed by atoms with Gasteiger partial charge in [-0.1, -0.05) is 36.4 Å². The quantitative estimate of drug-likeness (QED) is 0.619. The van der Waals surface area contributed by atoms with Crippen LogP contribution in [0.2, 0.25) is 0 Å². The zero-order valence-corrected chi connectivity index (χ0v) is 16.6. The van der Waals surface area contributed by atoms with E-state index in [-0.39, 0.29) is 18.1 Å².